The lowest BCUT2D eigenvalue weighted by molar-refractivity contribution is -0.387. The zero-order valence-electron chi connectivity index (χ0n) is 20.7. The minimum absolute atomic E-state index is 0.295. The molecule has 0 amide bonds. The number of aliphatic hydroxyl groups is 8. The van der Waals surface area contributed by atoms with E-state index in [0.717, 1.165) is 19.3 Å². The van der Waals surface area contributed by atoms with E-state index in [1.54, 1.807) is 0 Å². The van der Waals surface area contributed by atoms with E-state index in [0.29, 0.717) is 12.8 Å². The molecule has 11 heteroatoms. The van der Waals surface area contributed by atoms with Gasteiger partial charge in [-0.05, 0) is 6.42 Å². The van der Waals surface area contributed by atoms with Crippen molar-refractivity contribution in [3.05, 3.63) is 0 Å². The summed E-state index contributed by atoms with van der Waals surface area (Å²) in [5, 5.41) is 81.0. The molecule has 10 atom stereocenters. The van der Waals surface area contributed by atoms with Crippen molar-refractivity contribution in [1.29, 1.82) is 0 Å². The molecule has 2 rings (SSSR count). The molecular formula is C24H46O11. The largest absolute Gasteiger partial charge is 0.394 e. The minimum Gasteiger partial charge on any atom is -0.394 e. The summed E-state index contributed by atoms with van der Waals surface area (Å²) in [6, 6.07) is 0. The summed E-state index contributed by atoms with van der Waals surface area (Å²) in [5.74, 6) is -2.24. The van der Waals surface area contributed by atoms with Crippen LogP contribution in [0.4, 0.5) is 0 Å². The summed E-state index contributed by atoms with van der Waals surface area (Å²) in [6.45, 7) is 0.568. The van der Waals surface area contributed by atoms with Crippen LogP contribution in [0.2, 0.25) is 0 Å². The summed E-state index contributed by atoms with van der Waals surface area (Å²) in [4.78, 5) is 0. The highest BCUT2D eigenvalue weighted by Gasteiger charge is 2.58. The Balaban J connectivity index is 1.85. The maximum Gasteiger partial charge on any atom is 0.224 e. The van der Waals surface area contributed by atoms with E-state index in [1.807, 2.05) is 0 Å². The van der Waals surface area contributed by atoms with E-state index >= 15 is 0 Å². The van der Waals surface area contributed by atoms with Crippen LogP contribution in [0.5, 0.6) is 0 Å². The molecule has 8 N–H and O–H groups in total. The normalized spacial score (nSPS) is 38.7. The molecule has 0 spiro atoms. The van der Waals surface area contributed by atoms with Crippen LogP contribution in [0.25, 0.3) is 0 Å². The summed E-state index contributed by atoms with van der Waals surface area (Å²) in [7, 11) is 0. The van der Waals surface area contributed by atoms with Gasteiger partial charge in [-0.2, -0.15) is 0 Å². The molecule has 1 unspecified atom stereocenters. The molecule has 0 aliphatic carbocycles. The number of hydrogen-bond donors (Lipinski definition) is 8. The molecule has 2 aliphatic rings. The van der Waals surface area contributed by atoms with Gasteiger partial charge in [-0.1, -0.05) is 71.1 Å². The van der Waals surface area contributed by atoms with Gasteiger partial charge in [0.1, 0.15) is 49.3 Å². The Morgan fingerprint density at radius 2 is 1.34 bits per heavy atom. The standard InChI is InChI=1S/C24H46O11/c1-2-3-4-5-6-7-8-9-10-11-12-15(27)21-19(30)18(29)20(31)23(33-21)35-24(14-26)22(32)17(28)16(13-25)34-24/h15-23,25-32H,2-14H2,1H3/t15?,16-,17-,18+,19+,20-,21-,22+,23-,24+/m1/s1. The lowest BCUT2D eigenvalue weighted by atomic mass is 9.92. The van der Waals surface area contributed by atoms with E-state index < -0.39 is 74.1 Å². The van der Waals surface area contributed by atoms with E-state index in [-0.39, 0.29) is 0 Å². The third-order valence-corrected chi connectivity index (χ3v) is 7.06. The molecule has 0 radical (unpaired) electrons. The van der Waals surface area contributed by atoms with Gasteiger partial charge in [0.15, 0.2) is 6.29 Å². The van der Waals surface area contributed by atoms with Gasteiger partial charge >= 0.3 is 0 Å². The Bertz CT molecular complexity index is 582. The van der Waals surface area contributed by atoms with Crippen molar-refractivity contribution in [2.24, 2.45) is 0 Å². The second-order valence-electron chi connectivity index (χ2n) is 9.84. The second-order valence-corrected chi connectivity index (χ2v) is 9.84. The third-order valence-electron chi connectivity index (χ3n) is 7.06. The zero-order chi connectivity index (χ0) is 26.0. The number of unbranched alkanes of at least 4 members (excludes halogenated alkanes) is 9. The minimum atomic E-state index is -2.24. The van der Waals surface area contributed by atoms with Crippen LogP contribution in [0, 0.1) is 0 Å². The average Bonchev–Trinajstić information content (AvgIpc) is 3.10. The second kappa shape index (κ2) is 15.1. The monoisotopic (exact) mass is 510 g/mol. The first kappa shape index (κ1) is 30.8. The van der Waals surface area contributed by atoms with Crippen molar-refractivity contribution in [3.8, 4) is 0 Å². The van der Waals surface area contributed by atoms with E-state index in [2.05, 4.69) is 6.92 Å². The number of ether oxygens (including phenoxy) is 3. The van der Waals surface area contributed by atoms with Crippen LogP contribution in [0.15, 0.2) is 0 Å². The van der Waals surface area contributed by atoms with Crippen molar-refractivity contribution in [1.82, 2.24) is 0 Å². The van der Waals surface area contributed by atoms with Crippen molar-refractivity contribution in [2.45, 2.75) is 138 Å². The molecule has 2 heterocycles. The molecule has 2 fully saturated rings. The van der Waals surface area contributed by atoms with Gasteiger partial charge in [0.2, 0.25) is 5.79 Å². The number of hydrogen-bond acceptors (Lipinski definition) is 11. The first-order valence-corrected chi connectivity index (χ1v) is 13.0. The van der Waals surface area contributed by atoms with Gasteiger partial charge in [-0.3, -0.25) is 0 Å². The van der Waals surface area contributed by atoms with Gasteiger partial charge < -0.3 is 55.1 Å². The fourth-order valence-electron chi connectivity index (χ4n) is 4.76. The smallest absolute Gasteiger partial charge is 0.224 e. The van der Waals surface area contributed by atoms with Crippen molar-refractivity contribution in [3.63, 3.8) is 0 Å². The molecule has 2 saturated heterocycles. The maximum atomic E-state index is 10.6. The fraction of sp³-hybridized carbons (Fsp3) is 1.00. The van der Waals surface area contributed by atoms with Crippen molar-refractivity contribution in [2.75, 3.05) is 13.2 Å². The van der Waals surface area contributed by atoms with Crippen LogP contribution in [0.3, 0.4) is 0 Å². The van der Waals surface area contributed by atoms with Crippen molar-refractivity contribution < 1.29 is 55.1 Å². The van der Waals surface area contributed by atoms with Crippen molar-refractivity contribution >= 4 is 0 Å². The SMILES string of the molecule is CCCCCCCCCCCCC(O)[C@H]1O[C@H](O[C@]2(CO)O[C@H](CO)[C@@H](O)[C@@H]2O)[C@H](O)[C@@H](O)[C@@H]1O. The van der Waals surface area contributed by atoms with Gasteiger partial charge in [0, 0.05) is 0 Å². The van der Waals surface area contributed by atoms with Crippen LogP contribution in [0.1, 0.15) is 77.6 Å². The summed E-state index contributed by atoms with van der Waals surface area (Å²) in [5.41, 5.74) is 0. The fourth-order valence-corrected chi connectivity index (χ4v) is 4.76. The van der Waals surface area contributed by atoms with E-state index in [1.165, 1.54) is 38.5 Å². The van der Waals surface area contributed by atoms with E-state index in [9.17, 15) is 40.9 Å². The average molecular weight is 511 g/mol. The lowest BCUT2D eigenvalue weighted by Crippen LogP contribution is -2.64. The summed E-state index contributed by atoms with van der Waals surface area (Å²) < 4.78 is 16.3. The first-order chi connectivity index (χ1) is 16.7. The van der Waals surface area contributed by atoms with Gasteiger partial charge in [0.25, 0.3) is 0 Å². The Morgan fingerprint density at radius 3 is 1.86 bits per heavy atom. The van der Waals surface area contributed by atoms with Gasteiger partial charge in [-0.25, -0.2) is 0 Å². The molecule has 2 aliphatic heterocycles. The highest BCUT2D eigenvalue weighted by Crippen LogP contribution is 2.36. The predicted octanol–water partition coefficient (Wildman–Crippen LogP) is -0.716. The summed E-state index contributed by atoms with van der Waals surface area (Å²) >= 11 is 0. The van der Waals surface area contributed by atoms with Crippen LogP contribution < -0.4 is 0 Å². The summed E-state index contributed by atoms with van der Waals surface area (Å²) in [6.07, 6.45) is -2.43. The molecule has 0 saturated carbocycles. The lowest BCUT2D eigenvalue weighted by Gasteiger charge is -2.44. The third kappa shape index (κ3) is 8.02. The Kier molecular flexibility index (Phi) is 13.3. The van der Waals surface area contributed by atoms with Crippen LogP contribution in [-0.4, -0.2) is 115 Å². The molecule has 11 nitrogen and oxygen atoms in total. The number of aliphatic hydroxyl groups excluding tert-OH is 8. The Labute approximate surface area is 207 Å². The number of rotatable bonds is 16. The maximum absolute atomic E-state index is 10.6. The highest BCUT2D eigenvalue weighted by molar-refractivity contribution is 4.99. The zero-order valence-corrected chi connectivity index (χ0v) is 20.7. The highest BCUT2D eigenvalue weighted by atomic mass is 16.8. The molecule has 208 valence electrons. The van der Waals surface area contributed by atoms with Gasteiger partial charge in [-0.15, -0.1) is 0 Å². The quantitative estimate of drug-likeness (QED) is 0.122. The van der Waals surface area contributed by atoms with Crippen LogP contribution in [-0.2, 0) is 14.2 Å². The predicted molar refractivity (Wildman–Crippen MR) is 124 cm³/mol. The Morgan fingerprint density at radius 1 is 0.771 bits per heavy atom. The molecular weight excluding hydrogens is 464 g/mol. The van der Waals surface area contributed by atoms with Crippen LogP contribution >= 0.6 is 0 Å². The molecule has 0 aromatic heterocycles. The molecule has 0 bridgehead atoms. The first-order valence-electron chi connectivity index (χ1n) is 13.0. The molecule has 0 aromatic carbocycles. The molecule has 0 aromatic rings. The topological polar surface area (TPSA) is 190 Å². The van der Waals surface area contributed by atoms with Gasteiger partial charge in [0.05, 0.1) is 12.7 Å². The Hall–Kier alpha value is -0.440. The van der Waals surface area contributed by atoms with E-state index in [4.69, 9.17) is 14.2 Å². The molecule has 35 heavy (non-hydrogen) atoms.